The topological polar surface area (TPSA) is 26.5 Å². The van der Waals surface area contributed by atoms with E-state index in [4.69, 9.17) is 0 Å². The minimum absolute atomic E-state index is 0.503. The van der Waals surface area contributed by atoms with Crippen LogP contribution in [0, 0.1) is 0 Å². The first-order valence-electron chi connectivity index (χ1n) is 12.6. The summed E-state index contributed by atoms with van der Waals surface area (Å²) in [5.74, 6) is 0. The summed E-state index contributed by atoms with van der Waals surface area (Å²) < 4.78 is 0. The molecule has 0 spiro atoms. The molecule has 1 aliphatic rings. The molecular formula is C25H49N2-. The van der Waals surface area contributed by atoms with E-state index >= 15 is 0 Å². The lowest BCUT2D eigenvalue weighted by molar-refractivity contribution is 0.471. The molecule has 27 heavy (non-hydrogen) atoms. The average molecular weight is 378 g/mol. The van der Waals surface area contributed by atoms with E-state index in [2.05, 4.69) is 24.2 Å². The summed E-state index contributed by atoms with van der Waals surface area (Å²) in [6.07, 6.45) is 29.8. The Kier molecular flexibility index (Phi) is 17.1. The van der Waals surface area contributed by atoms with Crippen LogP contribution in [0.15, 0.2) is 4.99 Å². The van der Waals surface area contributed by atoms with Gasteiger partial charge in [0.1, 0.15) is 0 Å². The molecular weight excluding hydrogens is 328 g/mol. The van der Waals surface area contributed by atoms with Gasteiger partial charge in [0.25, 0.3) is 0 Å². The van der Waals surface area contributed by atoms with Crippen molar-refractivity contribution < 1.29 is 0 Å². The molecule has 0 saturated carbocycles. The molecule has 0 saturated heterocycles. The Morgan fingerprint density at radius 3 is 1.44 bits per heavy atom. The van der Waals surface area contributed by atoms with Gasteiger partial charge in [0.15, 0.2) is 0 Å². The van der Waals surface area contributed by atoms with Gasteiger partial charge in [-0.2, -0.15) is 0 Å². The molecule has 0 bridgehead atoms. The molecule has 0 N–H and O–H groups in total. The molecule has 160 valence electrons. The van der Waals surface area contributed by atoms with Gasteiger partial charge in [-0.25, -0.2) is 0 Å². The van der Waals surface area contributed by atoms with Crippen molar-refractivity contribution in [3.63, 3.8) is 0 Å². The minimum atomic E-state index is 0.503. The number of nitrogens with zero attached hydrogens (tertiary/aromatic N) is 2. The fourth-order valence-corrected chi connectivity index (χ4v) is 4.27. The van der Waals surface area contributed by atoms with Crippen LogP contribution in [0.1, 0.15) is 142 Å². The lowest BCUT2D eigenvalue weighted by Gasteiger charge is -2.25. The van der Waals surface area contributed by atoms with E-state index in [-0.39, 0.29) is 0 Å². The Morgan fingerprint density at radius 1 is 0.556 bits per heavy atom. The highest BCUT2D eigenvalue weighted by atomic mass is 15.1. The van der Waals surface area contributed by atoms with Crippen molar-refractivity contribution in [1.29, 1.82) is 0 Å². The third-order valence-electron chi connectivity index (χ3n) is 6.17. The molecule has 0 aliphatic carbocycles. The second-order valence-electron chi connectivity index (χ2n) is 8.78. The van der Waals surface area contributed by atoms with Gasteiger partial charge in [-0.05, 0) is 12.1 Å². The van der Waals surface area contributed by atoms with E-state index in [1.54, 1.807) is 0 Å². The highest BCUT2D eigenvalue weighted by Crippen LogP contribution is 2.25. The Balaban J connectivity index is 1.90. The van der Waals surface area contributed by atoms with Gasteiger partial charge in [0, 0.05) is 0 Å². The van der Waals surface area contributed by atoms with E-state index in [9.17, 15) is 0 Å². The SMILES string of the molecule is CCCCCCCCCCCC1N=C[N-]C1CCCCCCCCCCC. The molecule has 0 radical (unpaired) electrons. The van der Waals surface area contributed by atoms with Crippen LogP contribution in [-0.4, -0.2) is 18.4 Å². The number of aliphatic imine (C=N–C) groups is 1. The van der Waals surface area contributed by atoms with Crippen LogP contribution in [0.3, 0.4) is 0 Å². The van der Waals surface area contributed by atoms with Gasteiger partial charge < -0.3 is 10.3 Å². The molecule has 2 atom stereocenters. The Labute approximate surface area is 171 Å². The van der Waals surface area contributed by atoms with Crippen molar-refractivity contribution in [2.75, 3.05) is 0 Å². The standard InChI is InChI=1S/C25H49N2/c1-3-5-7-9-11-13-15-17-19-21-24-25(27-23-26-24)22-20-18-16-14-12-10-8-6-4-2/h23-25H,3-22H2,1-2H3/q-1. The van der Waals surface area contributed by atoms with E-state index < -0.39 is 0 Å². The zero-order valence-electron chi connectivity index (χ0n) is 18.8. The summed E-state index contributed by atoms with van der Waals surface area (Å²) in [6.45, 7) is 4.58. The molecule has 2 nitrogen and oxygen atoms in total. The molecule has 0 aromatic heterocycles. The van der Waals surface area contributed by atoms with Crippen LogP contribution in [0.25, 0.3) is 5.32 Å². The molecule has 0 aromatic rings. The first-order valence-corrected chi connectivity index (χ1v) is 12.6. The quantitative estimate of drug-likeness (QED) is 0.189. The number of hydrogen-bond donors (Lipinski definition) is 0. The normalized spacial score (nSPS) is 18.9. The third-order valence-corrected chi connectivity index (χ3v) is 6.17. The fourth-order valence-electron chi connectivity index (χ4n) is 4.27. The number of unbranched alkanes of at least 4 members (excludes halogenated alkanes) is 16. The smallest absolute Gasteiger partial charge is 0.0371 e. The molecule has 1 heterocycles. The highest BCUT2D eigenvalue weighted by Gasteiger charge is 2.14. The van der Waals surface area contributed by atoms with E-state index in [1.807, 2.05) is 6.34 Å². The largest absolute Gasteiger partial charge is 0.469 e. The maximum Gasteiger partial charge on any atom is -0.0371 e. The number of hydrogen-bond acceptors (Lipinski definition) is 1. The van der Waals surface area contributed by atoms with Crippen LogP contribution >= 0.6 is 0 Å². The van der Waals surface area contributed by atoms with Gasteiger partial charge in [0.2, 0.25) is 0 Å². The molecule has 1 aliphatic heterocycles. The summed E-state index contributed by atoms with van der Waals surface area (Å²) in [4.78, 5) is 4.65. The summed E-state index contributed by atoms with van der Waals surface area (Å²) >= 11 is 0. The van der Waals surface area contributed by atoms with Crippen molar-refractivity contribution in [3.8, 4) is 0 Å². The highest BCUT2D eigenvalue weighted by molar-refractivity contribution is 5.74. The van der Waals surface area contributed by atoms with Crippen molar-refractivity contribution in [3.05, 3.63) is 5.32 Å². The van der Waals surface area contributed by atoms with Gasteiger partial charge >= 0.3 is 0 Å². The van der Waals surface area contributed by atoms with Crippen LogP contribution in [0.2, 0.25) is 0 Å². The van der Waals surface area contributed by atoms with E-state index in [0.717, 1.165) is 0 Å². The van der Waals surface area contributed by atoms with Crippen LogP contribution in [0.5, 0.6) is 0 Å². The van der Waals surface area contributed by atoms with Crippen LogP contribution in [-0.2, 0) is 0 Å². The second-order valence-corrected chi connectivity index (χ2v) is 8.78. The maximum absolute atomic E-state index is 4.65. The summed E-state index contributed by atoms with van der Waals surface area (Å²) in [7, 11) is 0. The Hall–Kier alpha value is -0.530. The molecule has 0 amide bonds. The summed E-state index contributed by atoms with van der Waals surface area (Å²) in [6, 6.07) is 1.01. The van der Waals surface area contributed by atoms with E-state index in [1.165, 1.54) is 128 Å². The van der Waals surface area contributed by atoms with Crippen molar-refractivity contribution in [1.82, 2.24) is 0 Å². The molecule has 1 rings (SSSR count). The van der Waals surface area contributed by atoms with Crippen molar-refractivity contribution >= 4 is 6.34 Å². The summed E-state index contributed by atoms with van der Waals surface area (Å²) in [5, 5.41) is 4.65. The zero-order valence-corrected chi connectivity index (χ0v) is 18.8. The van der Waals surface area contributed by atoms with Crippen molar-refractivity contribution in [2.24, 2.45) is 4.99 Å². The van der Waals surface area contributed by atoms with E-state index in [0.29, 0.717) is 12.1 Å². The maximum atomic E-state index is 4.65. The van der Waals surface area contributed by atoms with Crippen LogP contribution in [0.4, 0.5) is 0 Å². The summed E-state index contributed by atoms with van der Waals surface area (Å²) in [5.41, 5.74) is 0. The first kappa shape index (κ1) is 24.5. The first-order chi connectivity index (χ1) is 13.4. The Morgan fingerprint density at radius 2 is 0.963 bits per heavy atom. The van der Waals surface area contributed by atoms with Gasteiger partial charge in [-0.1, -0.05) is 142 Å². The predicted octanol–water partition coefficient (Wildman–Crippen LogP) is 8.98. The van der Waals surface area contributed by atoms with Crippen molar-refractivity contribution in [2.45, 2.75) is 154 Å². The average Bonchev–Trinajstić information content (AvgIpc) is 3.12. The molecule has 0 aromatic carbocycles. The lowest BCUT2D eigenvalue weighted by atomic mass is 9.96. The van der Waals surface area contributed by atoms with Gasteiger partial charge in [-0.15, -0.1) is 6.34 Å². The van der Waals surface area contributed by atoms with Gasteiger partial charge in [0.05, 0.1) is 0 Å². The molecule has 2 unspecified atom stereocenters. The molecule has 0 fully saturated rings. The molecule has 2 heteroatoms. The van der Waals surface area contributed by atoms with Crippen LogP contribution < -0.4 is 0 Å². The predicted molar refractivity (Wildman–Crippen MR) is 123 cm³/mol. The monoisotopic (exact) mass is 377 g/mol. The lowest BCUT2D eigenvalue weighted by Crippen LogP contribution is -2.19. The third kappa shape index (κ3) is 14.2. The van der Waals surface area contributed by atoms with Gasteiger partial charge in [-0.3, -0.25) is 0 Å². The second kappa shape index (κ2) is 18.8. The fraction of sp³-hybridized carbons (Fsp3) is 0.960. The Bertz CT molecular complexity index is 326. The number of rotatable bonds is 20. The minimum Gasteiger partial charge on any atom is -0.469 e. The zero-order chi connectivity index (χ0) is 19.4.